The van der Waals surface area contributed by atoms with E-state index < -0.39 is 6.04 Å². The minimum absolute atomic E-state index is 0.00816. The molecule has 0 amide bonds. The third kappa shape index (κ3) is 2.91. The predicted molar refractivity (Wildman–Crippen MR) is 75.0 cm³/mol. The average Bonchev–Trinajstić information content (AvgIpc) is 2.39. The van der Waals surface area contributed by atoms with E-state index in [1.54, 1.807) is 6.92 Å². The van der Waals surface area contributed by atoms with Gasteiger partial charge in [0, 0.05) is 24.3 Å². The lowest BCUT2D eigenvalue weighted by Crippen LogP contribution is -2.32. The molecule has 98 valence electrons. The molecule has 1 saturated heterocycles. The lowest BCUT2D eigenvalue weighted by Gasteiger charge is -2.32. The fourth-order valence-electron chi connectivity index (χ4n) is 2.37. The predicted octanol–water partition coefficient (Wildman–Crippen LogP) is 2.45. The molecule has 0 bridgehead atoms. The van der Waals surface area contributed by atoms with Crippen molar-refractivity contribution in [1.82, 2.24) is 0 Å². The number of carbonyl (C=O) groups excluding carboxylic acids is 1. The van der Waals surface area contributed by atoms with Gasteiger partial charge in [-0.2, -0.15) is 0 Å². The molecule has 1 aliphatic rings. The van der Waals surface area contributed by atoms with Crippen LogP contribution in [0.2, 0.25) is 0 Å². The van der Waals surface area contributed by atoms with Gasteiger partial charge in [-0.1, -0.05) is 6.92 Å². The molecular formula is C15H22N2O. The van der Waals surface area contributed by atoms with Crippen molar-refractivity contribution in [2.45, 2.75) is 32.7 Å². The van der Waals surface area contributed by atoms with Crippen molar-refractivity contribution in [3.05, 3.63) is 29.8 Å². The Bertz CT molecular complexity index is 403. The van der Waals surface area contributed by atoms with Gasteiger partial charge in [-0.15, -0.1) is 0 Å². The number of nitrogens with zero attached hydrogens (tertiary/aromatic N) is 1. The van der Waals surface area contributed by atoms with Gasteiger partial charge in [0.25, 0.3) is 0 Å². The molecule has 0 aromatic heterocycles. The zero-order valence-corrected chi connectivity index (χ0v) is 11.2. The van der Waals surface area contributed by atoms with Gasteiger partial charge in [0.15, 0.2) is 5.78 Å². The number of hydrogen-bond acceptors (Lipinski definition) is 3. The van der Waals surface area contributed by atoms with Crippen LogP contribution in [0.1, 0.15) is 37.0 Å². The van der Waals surface area contributed by atoms with E-state index >= 15 is 0 Å². The Balaban J connectivity index is 2.06. The molecule has 0 radical (unpaired) electrons. The molecule has 3 heteroatoms. The van der Waals surface area contributed by atoms with Crippen LogP contribution in [0.25, 0.3) is 0 Å². The van der Waals surface area contributed by atoms with Crippen LogP contribution in [0.4, 0.5) is 5.69 Å². The lowest BCUT2D eigenvalue weighted by molar-refractivity contribution is 0.0968. The molecule has 2 N–H and O–H groups in total. The largest absolute Gasteiger partial charge is 0.372 e. The molecule has 3 nitrogen and oxygen atoms in total. The third-order valence-corrected chi connectivity index (χ3v) is 3.71. The zero-order chi connectivity index (χ0) is 13.1. The van der Waals surface area contributed by atoms with E-state index in [0.717, 1.165) is 19.0 Å². The van der Waals surface area contributed by atoms with Gasteiger partial charge in [0.1, 0.15) is 0 Å². The van der Waals surface area contributed by atoms with Gasteiger partial charge in [-0.25, -0.2) is 0 Å². The van der Waals surface area contributed by atoms with Crippen LogP contribution >= 0.6 is 0 Å². The van der Waals surface area contributed by atoms with Crippen LogP contribution in [0.3, 0.4) is 0 Å². The van der Waals surface area contributed by atoms with Gasteiger partial charge in [-0.05, 0) is 49.9 Å². The van der Waals surface area contributed by atoms with Crippen molar-refractivity contribution < 1.29 is 4.79 Å². The van der Waals surface area contributed by atoms with Gasteiger partial charge in [0.05, 0.1) is 6.04 Å². The molecule has 18 heavy (non-hydrogen) atoms. The zero-order valence-electron chi connectivity index (χ0n) is 11.2. The maximum atomic E-state index is 11.7. The van der Waals surface area contributed by atoms with Crippen LogP contribution in [-0.2, 0) is 0 Å². The van der Waals surface area contributed by atoms with Gasteiger partial charge < -0.3 is 10.6 Å². The van der Waals surface area contributed by atoms with Crippen LogP contribution in [-0.4, -0.2) is 24.9 Å². The van der Waals surface area contributed by atoms with Crippen molar-refractivity contribution in [3.8, 4) is 0 Å². The lowest BCUT2D eigenvalue weighted by atomic mass is 9.98. The highest BCUT2D eigenvalue weighted by molar-refractivity contribution is 5.99. The molecule has 1 heterocycles. The molecule has 1 aromatic rings. The number of ketones is 1. The number of rotatable bonds is 3. The maximum absolute atomic E-state index is 11.7. The van der Waals surface area contributed by atoms with Gasteiger partial charge in [-0.3, -0.25) is 4.79 Å². The minimum atomic E-state index is -0.424. The highest BCUT2D eigenvalue weighted by Gasteiger charge is 2.16. The Hall–Kier alpha value is -1.35. The average molecular weight is 246 g/mol. The molecule has 1 atom stereocenters. The Morgan fingerprint density at radius 2 is 1.83 bits per heavy atom. The number of carbonyl (C=O) groups is 1. The number of piperidine rings is 1. The van der Waals surface area contributed by atoms with E-state index in [-0.39, 0.29) is 5.78 Å². The first kappa shape index (κ1) is 13.1. The molecular weight excluding hydrogens is 224 g/mol. The van der Waals surface area contributed by atoms with E-state index in [9.17, 15) is 4.79 Å². The van der Waals surface area contributed by atoms with Crippen molar-refractivity contribution in [3.63, 3.8) is 0 Å². The van der Waals surface area contributed by atoms with Crippen molar-refractivity contribution in [2.24, 2.45) is 11.7 Å². The van der Waals surface area contributed by atoms with E-state index in [1.165, 1.54) is 18.5 Å². The normalized spacial score (nSPS) is 18.7. The molecule has 1 aliphatic heterocycles. The molecule has 1 unspecified atom stereocenters. The Morgan fingerprint density at radius 1 is 1.28 bits per heavy atom. The second-order valence-electron chi connectivity index (χ2n) is 5.37. The van der Waals surface area contributed by atoms with E-state index in [0.29, 0.717) is 5.56 Å². The van der Waals surface area contributed by atoms with E-state index in [4.69, 9.17) is 5.73 Å². The minimum Gasteiger partial charge on any atom is -0.372 e. The first-order valence-electron chi connectivity index (χ1n) is 6.72. The topological polar surface area (TPSA) is 46.3 Å². The van der Waals surface area contributed by atoms with Crippen LogP contribution in [0.5, 0.6) is 0 Å². The SMILES string of the molecule is CC1CCN(c2ccc(C(=O)C(C)N)cc2)CC1. The summed E-state index contributed by atoms with van der Waals surface area (Å²) in [6, 6.07) is 7.42. The first-order valence-corrected chi connectivity index (χ1v) is 6.72. The molecule has 0 aliphatic carbocycles. The Morgan fingerprint density at radius 3 is 2.33 bits per heavy atom. The van der Waals surface area contributed by atoms with Crippen molar-refractivity contribution >= 4 is 11.5 Å². The van der Waals surface area contributed by atoms with Crippen molar-refractivity contribution in [1.29, 1.82) is 0 Å². The Kier molecular flexibility index (Phi) is 4.02. The highest BCUT2D eigenvalue weighted by atomic mass is 16.1. The van der Waals surface area contributed by atoms with E-state index in [2.05, 4.69) is 11.8 Å². The molecule has 0 spiro atoms. The molecule has 2 rings (SSSR count). The third-order valence-electron chi connectivity index (χ3n) is 3.71. The summed E-state index contributed by atoms with van der Waals surface area (Å²) in [5.41, 5.74) is 7.52. The highest BCUT2D eigenvalue weighted by Crippen LogP contribution is 2.23. The summed E-state index contributed by atoms with van der Waals surface area (Å²) in [6.07, 6.45) is 2.50. The van der Waals surface area contributed by atoms with Crippen LogP contribution in [0, 0.1) is 5.92 Å². The maximum Gasteiger partial charge on any atom is 0.179 e. The summed E-state index contributed by atoms with van der Waals surface area (Å²) >= 11 is 0. The van der Waals surface area contributed by atoms with Crippen LogP contribution in [0.15, 0.2) is 24.3 Å². The fourth-order valence-corrected chi connectivity index (χ4v) is 2.37. The second kappa shape index (κ2) is 5.53. The Labute approximate surface area is 109 Å². The van der Waals surface area contributed by atoms with E-state index in [1.807, 2.05) is 24.3 Å². The number of nitrogens with two attached hydrogens (primary N) is 1. The fraction of sp³-hybridized carbons (Fsp3) is 0.533. The van der Waals surface area contributed by atoms with Crippen LogP contribution < -0.4 is 10.6 Å². The smallest absolute Gasteiger partial charge is 0.179 e. The number of anilines is 1. The summed E-state index contributed by atoms with van der Waals surface area (Å²) in [7, 11) is 0. The van der Waals surface area contributed by atoms with Gasteiger partial charge >= 0.3 is 0 Å². The summed E-state index contributed by atoms with van der Waals surface area (Å²) in [5.74, 6) is 0.842. The standard InChI is InChI=1S/C15H22N2O/c1-11-7-9-17(10-8-11)14-5-3-13(4-6-14)15(18)12(2)16/h3-6,11-12H,7-10,16H2,1-2H3. The summed E-state index contributed by atoms with van der Waals surface area (Å²) < 4.78 is 0. The number of hydrogen-bond donors (Lipinski definition) is 1. The molecule has 1 fully saturated rings. The second-order valence-corrected chi connectivity index (χ2v) is 5.37. The summed E-state index contributed by atoms with van der Waals surface area (Å²) in [4.78, 5) is 14.1. The monoisotopic (exact) mass is 246 g/mol. The summed E-state index contributed by atoms with van der Waals surface area (Å²) in [5, 5.41) is 0. The number of benzene rings is 1. The number of Topliss-reactive ketones (excluding diaryl/α,β-unsaturated/α-hetero) is 1. The first-order chi connectivity index (χ1) is 8.58. The quantitative estimate of drug-likeness (QED) is 0.833. The summed E-state index contributed by atoms with van der Waals surface area (Å²) in [6.45, 7) is 6.26. The molecule has 1 aromatic carbocycles. The molecule has 0 saturated carbocycles. The van der Waals surface area contributed by atoms with Crippen molar-refractivity contribution in [2.75, 3.05) is 18.0 Å². The van der Waals surface area contributed by atoms with Gasteiger partial charge in [0.2, 0.25) is 0 Å².